The molecule has 1 unspecified atom stereocenters. The van der Waals surface area contributed by atoms with Gasteiger partial charge in [-0.1, -0.05) is 32.0 Å². The second kappa shape index (κ2) is 6.34. The van der Waals surface area contributed by atoms with E-state index in [1.54, 1.807) is 12.1 Å². The Morgan fingerprint density at radius 2 is 1.67 bits per heavy atom. The molecule has 1 amide bonds. The van der Waals surface area contributed by atoms with E-state index in [1.807, 2.05) is 24.3 Å². The molecule has 170 valence electrons. The van der Waals surface area contributed by atoms with E-state index in [-0.39, 0.29) is 30.2 Å². The smallest absolute Gasteiger partial charge is 0.449 e. The number of benzene rings is 2. The molecule has 0 bridgehead atoms. The van der Waals surface area contributed by atoms with Crippen molar-refractivity contribution in [2.75, 3.05) is 18.1 Å². The summed E-state index contributed by atoms with van der Waals surface area (Å²) in [4.78, 5) is 15.5. The summed E-state index contributed by atoms with van der Waals surface area (Å²) in [7, 11) is 0. The Labute approximate surface area is 187 Å². The minimum absolute atomic E-state index is 0.0603. The molecule has 0 N–H and O–H groups in total. The zero-order chi connectivity index (χ0) is 23.2. The highest BCUT2D eigenvalue weighted by atomic mass is 19.4. The van der Waals surface area contributed by atoms with E-state index in [9.17, 15) is 18.0 Å². The highest BCUT2D eigenvalue weighted by Gasteiger charge is 2.57. The maximum atomic E-state index is 14.0. The average molecular weight is 455 g/mol. The minimum atomic E-state index is -4.58. The summed E-state index contributed by atoms with van der Waals surface area (Å²) in [6.07, 6.45) is -4.58. The average Bonchev–Trinajstić information content (AvgIpc) is 3.50. The van der Waals surface area contributed by atoms with Crippen LogP contribution in [0.5, 0.6) is 11.5 Å². The molecule has 8 heteroatoms. The second-order valence-corrected chi connectivity index (χ2v) is 9.38. The van der Waals surface area contributed by atoms with Gasteiger partial charge in [0.15, 0.2) is 0 Å². The Bertz CT molecular complexity index is 1310. The first kappa shape index (κ1) is 20.2. The van der Waals surface area contributed by atoms with Gasteiger partial charge >= 0.3 is 6.18 Å². The van der Waals surface area contributed by atoms with E-state index in [2.05, 4.69) is 13.8 Å². The van der Waals surface area contributed by atoms with Crippen molar-refractivity contribution < 1.29 is 31.9 Å². The number of hydrogen-bond acceptors (Lipinski definition) is 4. The summed E-state index contributed by atoms with van der Waals surface area (Å²) in [5, 5.41) is 0. The van der Waals surface area contributed by atoms with E-state index in [0.717, 1.165) is 28.5 Å². The zero-order valence-corrected chi connectivity index (χ0v) is 18.0. The summed E-state index contributed by atoms with van der Waals surface area (Å²) in [5.74, 6) is 0.0733. The molecule has 1 atom stereocenters. The molecular formula is C25H20F3NO4. The topological polar surface area (TPSA) is 51.9 Å². The van der Waals surface area contributed by atoms with Gasteiger partial charge in [0.2, 0.25) is 11.7 Å². The molecule has 1 aromatic heterocycles. The van der Waals surface area contributed by atoms with Gasteiger partial charge in [-0.3, -0.25) is 4.79 Å². The lowest BCUT2D eigenvalue weighted by atomic mass is 9.75. The Morgan fingerprint density at radius 3 is 2.42 bits per heavy atom. The van der Waals surface area contributed by atoms with Crippen LogP contribution in [-0.2, 0) is 28.3 Å². The molecule has 6 rings (SSSR count). The van der Waals surface area contributed by atoms with Crippen molar-refractivity contribution in [1.82, 2.24) is 0 Å². The number of hydrogen-bond donors (Lipinski definition) is 0. The summed E-state index contributed by atoms with van der Waals surface area (Å²) < 4.78 is 55.9. The van der Waals surface area contributed by atoms with Gasteiger partial charge in [0.1, 0.15) is 29.3 Å². The Hall–Kier alpha value is -3.42. The van der Waals surface area contributed by atoms with Gasteiger partial charge in [-0.2, -0.15) is 13.2 Å². The fraction of sp³-hybridized carbons (Fsp3) is 0.320. The van der Waals surface area contributed by atoms with Crippen molar-refractivity contribution in [2.45, 2.75) is 37.4 Å². The molecule has 1 spiro atoms. The van der Waals surface area contributed by atoms with Crippen LogP contribution in [0.3, 0.4) is 0 Å². The van der Waals surface area contributed by atoms with E-state index in [4.69, 9.17) is 13.9 Å². The molecule has 0 saturated heterocycles. The van der Waals surface area contributed by atoms with E-state index < -0.39 is 17.4 Å². The van der Waals surface area contributed by atoms with E-state index in [0.29, 0.717) is 18.0 Å². The molecular weight excluding hydrogens is 435 g/mol. The molecule has 0 saturated carbocycles. The molecule has 3 aliphatic rings. The lowest BCUT2D eigenvalue weighted by molar-refractivity contribution is -0.153. The predicted octanol–water partition coefficient (Wildman–Crippen LogP) is 5.19. The number of carbonyl (C=O) groups is 1. The van der Waals surface area contributed by atoms with Gasteiger partial charge in [-0.05, 0) is 29.8 Å². The Kier molecular flexibility index (Phi) is 3.88. The quantitative estimate of drug-likeness (QED) is 0.534. The number of halogens is 3. The molecule has 5 nitrogen and oxygen atoms in total. The summed E-state index contributed by atoms with van der Waals surface area (Å²) in [5.41, 5.74) is 1.90. The lowest BCUT2D eigenvalue weighted by Gasteiger charge is -2.24. The Morgan fingerprint density at radius 1 is 0.939 bits per heavy atom. The van der Waals surface area contributed by atoms with Crippen LogP contribution in [0, 0.1) is 0 Å². The van der Waals surface area contributed by atoms with Crippen molar-refractivity contribution >= 4 is 11.6 Å². The monoisotopic (exact) mass is 455 g/mol. The normalized spacial score (nSPS) is 22.2. The third-order valence-electron chi connectivity index (χ3n) is 6.82. The van der Waals surface area contributed by atoms with Gasteiger partial charge in [0.25, 0.3) is 0 Å². The van der Waals surface area contributed by atoms with Gasteiger partial charge < -0.3 is 18.8 Å². The highest BCUT2D eigenvalue weighted by molar-refractivity contribution is 6.11. The van der Waals surface area contributed by atoms with Crippen molar-refractivity contribution in [3.63, 3.8) is 0 Å². The van der Waals surface area contributed by atoms with E-state index in [1.165, 1.54) is 11.0 Å². The Balaban J connectivity index is 1.46. The molecule has 0 fully saturated rings. The predicted molar refractivity (Wildman–Crippen MR) is 113 cm³/mol. The van der Waals surface area contributed by atoms with Crippen LogP contribution in [0.25, 0.3) is 0 Å². The maximum absolute atomic E-state index is 14.0. The van der Waals surface area contributed by atoms with Gasteiger partial charge in [-0.25, -0.2) is 0 Å². The molecule has 3 aliphatic heterocycles. The van der Waals surface area contributed by atoms with Crippen LogP contribution < -0.4 is 14.4 Å². The minimum Gasteiger partial charge on any atom is -0.492 e. The second-order valence-electron chi connectivity index (χ2n) is 9.38. The number of nitrogens with zero attached hydrogens (tertiary/aromatic N) is 1. The van der Waals surface area contributed by atoms with E-state index >= 15 is 0 Å². The summed E-state index contributed by atoms with van der Waals surface area (Å²) >= 11 is 0. The number of ether oxygens (including phenoxy) is 2. The molecule has 33 heavy (non-hydrogen) atoms. The molecule has 0 radical (unpaired) electrons. The number of alkyl halides is 3. The summed E-state index contributed by atoms with van der Waals surface area (Å²) in [6.45, 7) is 4.71. The van der Waals surface area contributed by atoms with Crippen molar-refractivity contribution in [1.29, 1.82) is 0 Å². The number of carbonyl (C=O) groups excluding carboxylic acids is 1. The fourth-order valence-corrected chi connectivity index (χ4v) is 5.11. The van der Waals surface area contributed by atoms with Crippen LogP contribution >= 0.6 is 0 Å². The summed E-state index contributed by atoms with van der Waals surface area (Å²) in [6, 6.07) is 13.3. The zero-order valence-electron chi connectivity index (χ0n) is 18.0. The molecule has 2 aromatic carbocycles. The first-order valence-electron chi connectivity index (χ1n) is 10.6. The molecule has 4 heterocycles. The number of fused-ring (bicyclic) bond motifs is 5. The number of rotatable bonds is 2. The van der Waals surface area contributed by atoms with Crippen molar-refractivity contribution in [3.05, 3.63) is 76.7 Å². The van der Waals surface area contributed by atoms with Crippen molar-refractivity contribution in [2.24, 2.45) is 0 Å². The van der Waals surface area contributed by atoms with Gasteiger partial charge in [0.05, 0.1) is 13.2 Å². The van der Waals surface area contributed by atoms with Crippen LogP contribution in [0.15, 0.2) is 52.9 Å². The maximum Gasteiger partial charge on any atom is 0.449 e. The molecule has 3 aromatic rings. The van der Waals surface area contributed by atoms with Gasteiger partial charge in [0, 0.05) is 28.3 Å². The van der Waals surface area contributed by atoms with Crippen LogP contribution in [0.4, 0.5) is 18.9 Å². The molecule has 0 aliphatic carbocycles. The first-order valence-corrected chi connectivity index (χ1v) is 10.6. The number of para-hydroxylation sites is 1. The number of amides is 1. The van der Waals surface area contributed by atoms with Crippen LogP contribution in [0.1, 0.15) is 42.1 Å². The van der Waals surface area contributed by atoms with Gasteiger partial charge in [-0.15, -0.1) is 0 Å². The van der Waals surface area contributed by atoms with Crippen LogP contribution in [-0.4, -0.2) is 19.1 Å². The fourth-order valence-electron chi connectivity index (χ4n) is 5.11. The third kappa shape index (κ3) is 2.69. The third-order valence-corrected chi connectivity index (χ3v) is 6.82. The van der Waals surface area contributed by atoms with Crippen molar-refractivity contribution in [3.8, 4) is 11.5 Å². The first-order chi connectivity index (χ1) is 15.6. The highest BCUT2D eigenvalue weighted by Crippen LogP contribution is 2.55. The lowest BCUT2D eigenvalue weighted by Crippen LogP contribution is -2.42. The largest absolute Gasteiger partial charge is 0.492 e. The number of anilines is 1. The standard InChI is InChI=1S/C25H20F3NO4/c1-23(2)12-31-19-10-20-17(9-16(19)23)24(13-32-20)15-5-3-4-6-18(15)29(22(24)30)11-14-7-8-21(33-14)25(26,27)28/h3-10H,11-13H2,1-2H3. The SMILES string of the molecule is CC1(C)COc2cc3c(cc21)C1(CO3)C(=O)N(Cc2ccc(C(F)(F)F)o2)c2ccccc21. The number of furan rings is 1. The van der Waals surface area contributed by atoms with Crippen LogP contribution in [0.2, 0.25) is 0 Å².